The number of hydrogen-bond donors (Lipinski definition) is 2. The third-order valence-corrected chi connectivity index (χ3v) is 3.51. The highest BCUT2D eigenvalue weighted by Gasteiger charge is 2.05. The molecular weight excluding hydrogens is 260 g/mol. The summed E-state index contributed by atoms with van der Waals surface area (Å²) >= 11 is 0. The van der Waals surface area contributed by atoms with E-state index in [0.29, 0.717) is 0 Å². The highest BCUT2D eigenvalue weighted by molar-refractivity contribution is 5.58. The number of pyridine rings is 1. The Morgan fingerprint density at radius 2 is 1.90 bits per heavy atom. The van der Waals surface area contributed by atoms with Gasteiger partial charge in [-0.05, 0) is 36.2 Å². The first-order valence-electron chi connectivity index (χ1n) is 7.06. The minimum absolute atomic E-state index is 0.235. The second-order valence-electron chi connectivity index (χ2n) is 5.02. The van der Waals surface area contributed by atoms with Crippen molar-refractivity contribution in [2.24, 2.45) is 0 Å². The largest absolute Gasteiger partial charge is 0.305 e. The lowest BCUT2D eigenvalue weighted by molar-refractivity contribution is 0.561. The molecule has 2 N–H and O–H groups in total. The van der Waals surface area contributed by atoms with E-state index in [4.69, 9.17) is 0 Å². The highest BCUT2D eigenvalue weighted by atomic mass is 15.1. The Morgan fingerprint density at radius 1 is 1.05 bits per heavy atom. The highest BCUT2D eigenvalue weighted by Crippen LogP contribution is 2.17. The number of hydrogen-bond acceptors (Lipinski definition) is 3. The first kappa shape index (κ1) is 13.5. The molecule has 0 fully saturated rings. The molecule has 1 aromatic carbocycles. The summed E-state index contributed by atoms with van der Waals surface area (Å²) in [6.07, 6.45) is 3.59. The first-order chi connectivity index (χ1) is 10.3. The zero-order chi connectivity index (χ0) is 14.5. The number of benzene rings is 1. The number of rotatable bonds is 5. The zero-order valence-corrected chi connectivity index (χ0v) is 12.0. The molecular formula is C17H18N4. The van der Waals surface area contributed by atoms with E-state index in [1.54, 1.807) is 6.20 Å². The van der Waals surface area contributed by atoms with Crippen molar-refractivity contribution >= 4 is 0 Å². The molecule has 0 spiro atoms. The van der Waals surface area contributed by atoms with Gasteiger partial charge in [-0.1, -0.05) is 30.3 Å². The van der Waals surface area contributed by atoms with Crippen molar-refractivity contribution in [2.45, 2.75) is 19.5 Å². The molecule has 0 bridgehead atoms. The molecule has 1 unspecified atom stereocenters. The summed E-state index contributed by atoms with van der Waals surface area (Å²) < 4.78 is 0. The lowest BCUT2D eigenvalue weighted by Crippen LogP contribution is -2.18. The minimum atomic E-state index is 0.235. The number of aromatic nitrogens is 3. The van der Waals surface area contributed by atoms with Crippen LogP contribution in [0.4, 0.5) is 0 Å². The maximum Gasteiger partial charge on any atom is 0.0650 e. The van der Waals surface area contributed by atoms with Gasteiger partial charge in [-0.2, -0.15) is 5.10 Å². The van der Waals surface area contributed by atoms with Crippen molar-refractivity contribution in [2.75, 3.05) is 0 Å². The molecule has 0 aliphatic rings. The molecule has 106 valence electrons. The fourth-order valence-corrected chi connectivity index (χ4v) is 2.23. The van der Waals surface area contributed by atoms with Gasteiger partial charge in [0, 0.05) is 25.0 Å². The minimum Gasteiger partial charge on any atom is -0.305 e. The topological polar surface area (TPSA) is 53.6 Å². The van der Waals surface area contributed by atoms with Crippen LogP contribution in [0.25, 0.3) is 11.3 Å². The normalized spacial score (nSPS) is 12.2. The predicted molar refractivity (Wildman–Crippen MR) is 83.5 cm³/mol. The van der Waals surface area contributed by atoms with E-state index in [2.05, 4.69) is 51.7 Å². The fraction of sp³-hybridized carbons (Fsp3) is 0.176. The Bertz CT molecular complexity index is 660. The molecule has 3 aromatic rings. The molecule has 0 radical (unpaired) electrons. The van der Waals surface area contributed by atoms with E-state index < -0.39 is 0 Å². The Hall–Kier alpha value is -2.46. The summed E-state index contributed by atoms with van der Waals surface area (Å²) in [6, 6.07) is 16.7. The van der Waals surface area contributed by atoms with Crippen LogP contribution in [0.1, 0.15) is 24.2 Å². The average molecular weight is 278 g/mol. The Morgan fingerprint density at radius 3 is 2.57 bits per heavy atom. The molecule has 1 atom stereocenters. The molecule has 0 amide bonds. The monoisotopic (exact) mass is 278 g/mol. The molecule has 0 saturated heterocycles. The van der Waals surface area contributed by atoms with E-state index in [1.807, 2.05) is 30.5 Å². The van der Waals surface area contributed by atoms with Gasteiger partial charge >= 0.3 is 0 Å². The summed E-state index contributed by atoms with van der Waals surface area (Å²) in [6.45, 7) is 2.95. The third kappa shape index (κ3) is 3.35. The van der Waals surface area contributed by atoms with Gasteiger partial charge in [0.2, 0.25) is 0 Å². The van der Waals surface area contributed by atoms with E-state index >= 15 is 0 Å². The van der Waals surface area contributed by atoms with Crippen LogP contribution in [0.2, 0.25) is 0 Å². The van der Waals surface area contributed by atoms with Crippen molar-refractivity contribution < 1.29 is 0 Å². The second kappa shape index (κ2) is 6.33. The van der Waals surface area contributed by atoms with Gasteiger partial charge in [-0.25, -0.2) is 0 Å². The Kier molecular flexibility index (Phi) is 4.07. The van der Waals surface area contributed by atoms with Crippen molar-refractivity contribution in [1.82, 2.24) is 20.5 Å². The quantitative estimate of drug-likeness (QED) is 0.752. The van der Waals surface area contributed by atoms with Gasteiger partial charge in [0.05, 0.1) is 11.4 Å². The van der Waals surface area contributed by atoms with Gasteiger partial charge in [-0.15, -0.1) is 0 Å². The molecule has 2 aromatic heterocycles. The van der Waals surface area contributed by atoms with Gasteiger partial charge < -0.3 is 5.32 Å². The standard InChI is InChI=1S/C17H18N4/c1-13(16-4-2-3-10-18-16)19-12-14-5-7-15(8-6-14)17-9-11-20-21-17/h2-11,13,19H,12H2,1H3,(H,20,21). The smallest absolute Gasteiger partial charge is 0.0650 e. The molecule has 21 heavy (non-hydrogen) atoms. The van der Waals surface area contributed by atoms with E-state index in [0.717, 1.165) is 23.5 Å². The lowest BCUT2D eigenvalue weighted by Gasteiger charge is -2.13. The SMILES string of the molecule is CC(NCc1ccc(-c2ccn[nH]2)cc1)c1ccccn1. The molecule has 0 aliphatic carbocycles. The number of H-pyrrole nitrogens is 1. The van der Waals surface area contributed by atoms with Crippen molar-refractivity contribution in [1.29, 1.82) is 0 Å². The van der Waals surface area contributed by atoms with Gasteiger partial charge in [-0.3, -0.25) is 10.1 Å². The van der Waals surface area contributed by atoms with Gasteiger partial charge in [0.15, 0.2) is 0 Å². The molecule has 3 rings (SSSR count). The molecule has 4 nitrogen and oxygen atoms in total. The van der Waals surface area contributed by atoms with Crippen LogP contribution in [-0.4, -0.2) is 15.2 Å². The Balaban J connectivity index is 1.61. The Labute approximate surface area is 124 Å². The average Bonchev–Trinajstić information content (AvgIpc) is 3.08. The van der Waals surface area contributed by atoms with Crippen LogP contribution < -0.4 is 5.32 Å². The van der Waals surface area contributed by atoms with Crippen LogP contribution in [0.3, 0.4) is 0 Å². The third-order valence-electron chi connectivity index (χ3n) is 3.51. The van der Waals surface area contributed by atoms with Gasteiger partial charge in [0.25, 0.3) is 0 Å². The van der Waals surface area contributed by atoms with Crippen LogP contribution >= 0.6 is 0 Å². The summed E-state index contributed by atoms with van der Waals surface area (Å²) in [5, 5.41) is 10.4. The summed E-state index contributed by atoms with van der Waals surface area (Å²) in [4.78, 5) is 4.37. The number of aromatic amines is 1. The van der Waals surface area contributed by atoms with E-state index in [9.17, 15) is 0 Å². The van der Waals surface area contributed by atoms with Crippen molar-refractivity contribution in [3.63, 3.8) is 0 Å². The number of nitrogens with one attached hydrogen (secondary N) is 2. The summed E-state index contributed by atoms with van der Waals surface area (Å²) in [5.74, 6) is 0. The van der Waals surface area contributed by atoms with E-state index in [1.165, 1.54) is 5.56 Å². The van der Waals surface area contributed by atoms with Gasteiger partial charge in [0.1, 0.15) is 0 Å². The van der Waals surface area contributed by atoms with Crippen molar-refractivity contribution in [3.05, 3.63) is 72.2 Å². The predicted octanol–water partition coefficient (Wildman–Crippen LogP) is 3.32. The number of nitrogens with zero attached hydrogens (tertiary/aromatic N) is 2. The fourth-order valence-electron chi connectivity index (χ4n) is 2.23. The van der Waals surface area contributed by atoms with Crippen LogP contribution in [-0.2, 0) is 6.54 Å². The van der Waals surface area contributed by atoms with Crippen molar-refractivity contribution in [3.8, 4) is 11.3 Å². The second-order valence-corrected chi connectivity index (χ2v) is 5.02. The maximum absolute atomic E-state index is 4.37. The lowest BCUT2D eigenvalue weighted by atomic mass is 10.1. The van der Waals surface area contributed by atoms with Crippen LogP contribution in [0.15, 0.2) is 60.9 Å². The molecule has 0 saturated carbocycles. The molecule has 2 heterocycles. The zero-order valence-electron chi connectivity index (χ0n) is 12.0. The first-order valence-corrected chi connectivity index (χ1v) is 7.06. The summed E-state index contributed by atoms with van der Waals surface area (Å²) in [7, 11) is 0. The van der Waals surface area contributed by atoms with E-state index in [-0.39, 0.29) is 6.04 Å². The molecule has 4 heteroatoms. The van der Waals surface area contributed by atoms with Crippen LogP contribution in [0.5, 0.6) is 0 Å². The van der Waals surface area contributed by atoms with Crippen LogP contribution in [0, 0.1) is 0 Å². The molecule has 0 aliphatic heterocycles. The maximum atomic E-state index is 4.37. The summed E-state index contributed by atoms with van der Waals surface area (Å²) in [5.41, 5.74) is 4.50.